The first-order valence-corrected chi connectivity index (χ1v) is 10.4. The molecule has 0 amide bonds. The van der Waals surface area contributed by atoms with Crippen LogP contribution in [0.5, 0.6) is 0 Å². The largest absolute Gasteiger partial charge is 0.322 e. The summed E-state index contributed by atoms with van der Waals surface area (Å²) in [6.45, 7) is 0.0984. The first kappa shape index (κ1) is 24.4. The van der Waals surface area contributed by atoms with Gasteiger partial charge in [0.2, 0.25) is 0 Å². The minimum Gasteiger partial charge on any atom is -0.322 e. The Labute approximate surface area is 179 Å². The molecule has 3 unspecified atom stereocenters. The van der Waals surface area contributed by atoms with Gasteiger partial charge in [0.1, 0.15) is 17.9 Å². The van der Waals surface area contributed by atoms with E-state index in [2.05, 4.69) is 12.6 Å². The molecule has 0 spiro atoms. The van der Waals surface area contributed by atoms with Crippen LogP contribution in [0.4, 0.5) is 17.6 Å². The lowest BCUT2D eigenvalue weighted by molar-refractivity contribution is -0.108. The van der Waals surface area contributed by atoms with E-state index in [1.54, 1.807) is 25.4 Å². The lowest BCUT2D eigenvalue weighted by Gasteiger charge is -2.11. The maximum absolute atomic E-state index is 13.9. The van der Waals surface area contributed by atoms with Crippen LogP contribution in [0.3, 0.4) is 0 Å². The van der Waals surface area contributed by atoms with Crippen molar-refractivity contribution in [3.05, 3.63) is 59.7 Å². The van der Waals surface area contributed by atoms with Crippen LogP contribution in [-0.2, 0) is 4.79 Å². The number of rotatable bonds is 3. The number of likely N-dealkylation sites (N-methyl/N-ethyl adjacent to an activating group) is 1. The first-order chi connectivity index (χ1) is 14.2. The Hall–Kier alpha value is -1.90. The highest BCUT2D eigenvalue weighted by Gasteiger charge is 2.44. The molecule has 2 fully saturated rings. The molecule has 1 aliphatic carbocycles. The average Bonchev–Trinajstić information content (AvgIpc) is 3.45. The summed E-state index contributed by atoms with van der Waals surface area (Å²) < 4.78 is 52.6. The highest BCUT2D eigenvalue weighted by Crippen LogP contribution is 2.49. The highest BCUT2D eigenvalue weighted by molar-refractivity contribution is 7.79. The van der Waals surface area contributed by atoms with Crippen molar-refractivity contribution in [2.75, 3.05) is 26.4 Å². The topological polar surface area (TPSA) is 46.3 Å². The molecule has 30 heavy (non-hydrogen) atoms. The van der Waals surface area contributed by atoms with Crippen molar-refractivity contribution >= 4 is 18.9 Å². The van der Waals surface area contributed by atoms with Crippen molar-refractivity contribution in [3.8, 4) is 11.1 Å². The second-order valence-electron chi connectivity index (χ2n) is 7.39. The molecule has 1 saturated carbocycles. The molecule has 1 saturated heterocycles. The molecule has 3 nitrogen and oxygen atoms in total. The van der Waals surface area contributed by atoms with Gasteiger partial charge in [0.05, 0.1) is 18.2 Å². The van der Waals surface area contributed by atoms with E-state index >= 15 is 0 Å². The normalized spacial score (nSPS) is 24.2. The number of aldehydes is 1. The summed E-state index contributed by atoms with van der Waals surface area (Å²) in [5.41, 5.74) is 6.51. The van der Waals surface area contributed by atoms with E-state index < -0.39 is 23.6 Å². The highest BCUT2D eigenvalue weighted by atomic mass is 32.1. The molecule has 0 aromatic heterocycles. The number of carbonyl (C=O) groups is 1. The van der Waals surface area contributed by atoms with Crippen molar-refractivity contribution in [3.63, 3.8) is 0 Å². The van der Waals surface area contributed by atoms with Gasteiger partial charge < -0.3 is 10.5 Å². The van der Waals surface area contributed by atoms with Gasteiger partial charge in [0.15, 0.2) is 0 Å². The fourth-order valence-corrected chi connectivity index (χ4v) is 3.54. The van der Waals surface area contributed by atoms with Crippen LogP contribution < -0.4 is 5.73 Å². The van der Waals surface area contributed by atoms with E-state index in [-0.39, 0.29) is 23.9 Å². The lowest BCUT2D eigenvalue weighted by Crippen LogP contribution is -2.38. The van der Waals surface area contributed by atoms with Crippen molar-refractivity contribution < 1.29 is 22.4 Å². The smallest absolute Gasteiger partial charge is 0.276 e. The SMILES string of the molecule is CN1CC(N)C(F)(F)C1.CS.O=CC1CC1c1ccccc1-c1c(F)cccc1F. The van der Waals surface area contributed by atoms with Crippen LogP contribution in [-0.4, -0.2) is 49.5 Å². The summed E-state index contributed by atoms with van der Waals surface area (Å²) in [6, 6.07) is 10.0. The van der Waals surface area contributed by atoms with Crippen LogP contribution >= 0.6 is 12.6 Å². The minimum atomic E-state index is -2.67. The first-order valence-electron chi connectivity index (χ1n) is 9.50. The maximum atomic E-state index is 13.9. The molecular weight excluding hydrogens is 416 g/mol. The summed E-state index contributed by atoms with van der Waals surface area (Å²) >= 11 is 3.53. The summed E-state index contributed by atoms with van der Waals surface area (Å²) in [6.07, 6.45) is 3.37. The standard InChI is InChI=1S/C16H12F2O.C5H10F2N2.CH4S/c17-14-6-3-7-15(18)16(14)12-5-2-1-4-11(12)13-8-10(13)9-19;1-9-2-4(8)5(6,7)3-9;1-2/h1-7,9-10,13H,8H2;4H,2-3,8H2,1H3;2H,1H3. The molecule has 0 radical (unpaired) electrons. The molecule has 8 heteroatoms. The van der Waals surface area contributed by atoms with Gasteiger partial charge in [0, 0.05) is 12.5 Å². The number of carbonyl (C=O) groups excluding carboxylic acids is 1. The second-order valence-corrected chi connectivity index (χ2v) is 7.39. The Morgan fingerprint density at radius 3 is 2.13 bits per heavy atom. The monoisotopic (exact) mass is 442 g/mol. The van der Waals surface area contributed by atoms with Crippen LogP contribution in [0.25, 0.3) is 11.1 Å². The number of nitrogens with zero attached hydrogens (tertiary/aromatic N) is 1. The zero-order chi connectivity index (χ0) is 22.5. The fourth-order valence-electron chi connectivity index (χ4n) is 3.54. The Kier molecular flexibility index (Phi) is 8.46. The van der Waals surface area contributed by atoms with Gasteiger partial charge >= 0.3 is 0 Å². The van der Waals surface area contributed by atoms with Gasteiger partial charge in [-0.05, 0) is 48.9 Å². The molecule has 2 aliphatic rings. The maximum Gasteiger partial charge on any atom is 0.276 e. The zero-order valence-corrected chi connectivity index (χ0v) is 17.8. The zero-order valence-electron chi connectivity index (χ0n) is 16.9. The molecule has 3 atom stereocenters. The Bertz CT molecular complexity index is 845. The number of alkyl halides is 2. The predicted octanol–water partition coefficient (Wildman–Crippen LogP) is 4.37. The Morgan fingerprint density at radius 2 is 1.70 bits per heavy atom. The van der Waals surface area contributed by atoms with Crippen molar-refractivity contribution in [1.29, 1.82) is 0 Å². The summed E-state index contributed by atoms with van der Waals surface area (Å²) in [4.78, 5) is 12.3. The van der Waals surface area contributed by atoms with E-state index in [1.165, 1.54) is 23.1 Å². The molecule has 4 rings (SSSR count). The number of thiol groups is 1. The number of halogens is 4. The quantitative estimate of drug-likeness (QED) is 0.422. The molecule has 1 aliphatic heterocycles. The molecular formula is C22H26F4N2OS. The number of nitrogens with two attached hydrogens (primary N) is 1. The third-order valence-corrected chi connectivity index (χ3v) is 5.14. The van der Waals surface area contributed by atoms with Gasteiger partial charge in [-0.3, -0.25) is 4.90 Å². The van der Waals surface area contributed by atoms with Crippen LogP contribution in [0, 0.1) is 17.6 Å². The van der Waals surface area contributed by atoms with Gasteiger partial charge in [0.25, 0.3) is 5.92 Å². The Morgan fingerprint density at radius 1 is 1.10 bits per heavy atom. The van der Waals surface area contributed by atoms with Gasteiger partial charge in [-0.2, -0.15) is 12.6 Å². The second kappa shape index (κ2) is 10.4. The van der Waals surface area contributed by atoms with Crippen LogP contribution in [0.1, 0.15) is 17.9 Å². The lowest BCUT2D eigenvalue weighted by atomic mass is 9.95. The number of benzene rings is 2. The molecule has 2 aromatic carbocycles. The molecule has 1 heterocycles. The van der Waals surface area contributed by atoms with Crippen LogP contribution in [0.2, 0.25) is 0 Å². The Balaban J connectivity index is 0.000000245. The third-order valence-electron chi connectivity index (χ3n) is 5.14. The predicted molar refractivity (Wildman–Crippen MR) is 114 cm³/mol. The van der Waals surface area contributed by atoms with E-state index in [0.717, 1.165) is 18.3 Å². The van der Waals surface area contributed by atoms with E-state index in [9.17, 15) is 22.4 Å². The number of likely N-dealkylation sites (tertiary alicyclic amines) is 1. The van der Waals surface area contributed by atoms with Gasteiger partial charge in [-0.15, -0.1) is 0 Å². The average molecular weight is 443 g/mol. The summed E-state index contributed by atoms with van der Waals surface area (Å²) in [7, 11) is 1.64. The summed E-state index contributed by atoms with van der Waals surface area (Å²) in [5.74, 6) is -3.75. The summed E-state index contributed by atoms with van der Waals surface area (Å²) in [5, 5.41) is 0. The van der Waals surface area contributed by atoms with Crippen LogP contribution in [0.15, 0.2) is 42.5 Å². The molecule has 0 bridgehead atoms. The van der Waals surface area contributed by atoms with Gasteiger partial charge in [-0.25, -0.2) is 17.6 Å². The van der Waals surface area contributed by atoms with E-state index in [0.29, 0.717) is 12.1 Å². The minimum absolute atomic E-state index is 0.00495. The fraction of sp³-hybridized carbons (Fsp3) is 0.409. The molecule has 164 valence electrons. The van der Waals surface area contributed by atoms with Crippen molar-refractivity contribution in [2.24, 2.45) is 11.7 Å². The molecule has 2 aromatic rings. The van der Waals surface area contributed by atoms with Crippen molar-refractivity contribution in [1.82, 2.24) is 4.90 Å². The van der Waals surface area contributed by atoms with E-state index in [4.69, 9.17) is 5.73 Å². The van der Waals surface area contributed by atoms with Crippen molar-refractivity contribution in [2.45, 2.75) is 24.3 Å². The molecule has 2 N–H and O–H groups in total. The van der Waals surface area contributed by atoms with E-state index in [1.807, 2.05) is 12.1 Å². The third kappa shape index (κ3) is 5.62. The van der Waals surface area contributed by atoms with Gasteiger partial charge in [-0.1, -0.05) is 30.3 Å². The number of hydrogen-bond acceptors (Lipinski definition) is 4. The number of hydrogen-bond donors (Lipinski definition) is 2.